The second-order valence-electron chi connectivity index (χ2n) is 1.82. The lowest BCUT2D eigenvalue weighted by Gasteiger charge is -2.13. The molecule has 0 heterocycles. The first-order chi connectivity index (χ1) is 4.04. The third-order valence-corrected chi connectivity index (χ3v) is 1.82. The molecule has 0 radical (unpaired) electrons. The van der Waals surface area contributed by atoms with E-state index in [9.17, 15) is 4.79 Å². The van der Waals surface area contributed by atoms with Gasteiger partial charge in [0.05, 0.1) is 13.0 Å². The molecule has 0 amide bonds. The maximum atomic E-state index is 10.6. The predicted octanol–water partition coefficient (Wildman–Crippen LogP) is 1.40. The molecule has 0 saturated carbocycles. The molecule has 0 aliphatic carbocycles. The van der Waals surface area contributed by atoms with Crippen molar-refractivity contribution in [2.75, 3.05) is 13.0 Å². The highest BCUT2D eigenvalue weighted by Crippen LogP contribution is 2.17. The summed E-state index contributed by atoms with van der Waals surface area (Å²) < 4.78 is 4.35. The number of carbonyl (C=O) groups excluding carboxylic acids is 1. The molecule has 0 aliphatic rings. The molecule has 9 heavy (non-hydrogen) atoms. The summed E-state index contributed by atoms with van der Waals surface area (Å²) in [5.41, 5.74) is 0. The number of hydrogen-bond acceptors (Lipinski definition) is 2. The molecule has 0 N–H and O–H groups in total. The molecule has 0 aromatic rings. The Bertz CT molecular complexity index is 112. The van der Waals surface area contributed by atoms with Gasteiger partial charge in [-0.1, -0.05) is 0 Å². The predicted molar refractivity (Wildman–Crippen MR) is 37.0 cm³/mol. The lowest BCUT2D eigenvalue weighted by Crippen LogP contribution is -2.31. The van der Waals surface area contributed by atoms with E-state index in [0.717, 1.165) is 0 Å². The van der Waals surface area contributed by atoms with Crippen LogP contribution in [0.15, 0.2) is 0 Å². The van der Waals surface area contributed by atoms with Crippen molar-refractivity contribution in [1.82, 2.24) is 0 Å². The number of carbonyl (C=O) groups is 1. The highest BCUT2D eigenvalue weighted by atomic mass is 35.5. The van der Waals surface area contributed by atoms with Gasteiger partial charge in [0.1, 0.15) is 0 Å². The lowest BCUT2D eigenvalue weighted by atomic mass is 10.2. The van der Waals surface area contributed by atoms with Crippen LogP contribution in [-0.4, -0.2) is 23.8 Å². The maximum absolute atomic E-state index is 10.6. The topological polar surface area (TPSA) is 26.3 Å². The minimum Gasteiger partial charge on any atom is -0.468 e. The summed E-state index contributed by atoms with van der Waals surface area (Å²) in [6.07, 6.45) is 0. The molecular weight excluding hydrogens is 163 g/mol. The van der Waals surface area contributed by atoms with Gasteiger partial charge in [0.15, 0.2) is 4.87 Å². The first-order valence-corrected chi connectivity index (χ1v) is 3.29. The van der Waals surface area contributed by atoms with E-state index < -0.39 is 10.8 Å². The van der Waals surface area contributed by atoms with Gasteiger partial charge in [0.2, 0.25) is 0 Å². The smallest absolute Gasteiger partial charge is 0.327 e. The van der Waals surface area contributed by atoms with Crippen LogP contribution in [0.25, 0.3) is 0 Å². The molecule has 0 rings (SSSR count). The van der Waals surface area contributed by atoms with Crippen molar-refractivity contribution in [3.05, 3.63) is 0 Å². The van der Waals surface area contributed by atoms with E-state index >= 15 is 0 Å². The van der Waals surface area contributed by atoms with E-state index in [4.69, 9.17) is 23.2 Å². The second-order valence-corrected chi connectivity index (χ2v) is 2.92. The Kier molecular flexibility index (Phi) is 3.30. The Morgan fingerprint density at radius 2 is 2.22 bits per heavy atom. The molecule has 1 atom stereocenters. The Morgan fingerprint density at radius 1 is 1.78 bits per heavy atom. The quantitative estimate of drug-likeness (QED) is 0.463. The molecule has 0 saturated heterocycles. The highest BCUT2D eigenvalue weighted by Gasteiger charge is 2.30. The zero-order valence-corrected chi connectivity index (χ0v) is 6.79. The first-order valence-electron chi connectivity index (χ1n) is 2.38. The number of esters is 1. The van der Waals surface area contributed by atoms with Crippen LogP contribution in [-0.2, 0) is 9.53 Å². The highest BCUT2D eigenvalue weighted by molar-refractivity contribution is 6.38. The summed E-state index contributed by atoms with van der Waals surface area (Å²) in [6.45, 7) is 1.51. The number of methoxy groups -OCH3 is 1. The largest absolute Gasteiger partial charge is 0.468 e. The van der Waals surface area contributed by atoms with Crippen LogP contribution in [0.1, 0.15) is 6.92 Å². The van der Waals surface area contributed by atoms with Gasteiger partial charge in [0.25, 0.3) is 0 Å². The van der Waals surface area contributed by atoms with Crippen LogP contribution in [0, 0.1) is 0 Å². The van der Waals surface area contributed by atoms with E-state index in [2.05, 4.69) is 4.74 Å². The molecule has 4 heteroatoms. The number of hydrogen-bond donors (Lipinski definition) is 0. The Labute approximate surface area is 64.1 Å². The lowest BCUT2D eigenvalue weighted by molar-refractivity contribution is -0.142. The van der Waals surface area contributed by atoms with Gasteiger partial charge in [0, 0.05) is 0 Å². The van der Waals surface area contributed by atoms with Crippen molar-refractivity contribution < 1.29 is 9.53 Å². The molecule has 2 nitrogen and oxygen atoms in total. The first kappa shape index (κ1) is 9.05. The molecule has 0 aromatic heterocycles. The van der Waals surface area contributed by atoms with Gasteiger partial charge < -0.3 is 4.74 Å². The van der Waals surface area contributed by atoms with Crippen LogP contribution < -0.4 is 0 Å². The van der Waals surface area contributed by atoms with Crippen LogP contribution in [0.2, 0.25) is 0 Å². The molecule has 1 unspecified atom stereocenters. The van der Waals surface area contributed by atoms with Crippen LogP contribution in [0.3, 0.4) is 0 Å². The third-order valence-electron chi connectivity index (χ3n) is 0.862. The summed E-state index contributed by atoms with van der Waals surface area (Å²) >= 11 is 10.9. The number of alkyl halides is 2. The molecule has 0 bridgehead atoms. The maximum Gasteiger partial charge on any atom is 0.327 e. The molecular formula is C5H8Cl2O2. The average molecular weight is 171 g/mol. The van der Waals surface area contributed by atoms with E-state index in [1.165, 1.54) is 14.0 Å². The van der Waals surface area contributed by atoms with Crippen LogP contribution >= 0.6 is 23.2 Å². The second kappa shape index (κ2) is 3.28. The Hall–Kier alpha value is 0.0500. The van der Waals surface area contributed by atoms with E-state index in [0.29, 0.717) is 0 Å². The molecule has 54 valence electrons. The number of halogens is 2. The van der Waals surface area contributed by atoms with Gasteiger partial charge in [-0.15, -0.1) is 23.2 Å². The van der Waals surface area contributed by atoms with Gasteiger partial charge in [-0.3, -0.25) is 4.79 Å². The molecule has 0 aromatic carbocycles. The fourth-order valence-corrected chi connectivity index (χ4v) is 0.454. The number of ether oxygens (including phenoxy) is 1. The van der Waals surface area contributed by atoms with Crippen LogP contribution in [0.5, 0.6) is 0 Å². The summed E-state index contributed by atoms with van der Waals surface area (Å²) in [6, 6.07) is 0. The van der Waals surface area contributed by atoms with Crippen molar-refractivity contribution in [1.29, 1.82) is 0 Å². The standard InChI is InChI=1S/C5H8Cl2O2/c1-5(7,3-6)4(8)9-2/h3H2,1-2H3. The summed E-state index contributed by atoms with van der Waals surface area (Å²) in [5.74, 6) is -0.444. The van der Waals surface area contributed by atoms with E-state index in [-0.39, 0.29) is 5.88 Å². The molecule has 0 fully saturated rings. The van der Waals surface area contributed by atoms with Crippen LogP contribution in [0.4, 0.5) is 0 Å². The minimum absolute atomic E-state index is 0.0568. The van der Waals surface area contributed by atoms with Crippen molar-refractivity contribution >= 4 is 29.2 Å². The van der Waals surface area contributed by atoms with E-state index in [1.807, 2.05) is 0 Å². The summed E-state index contributed by atoms with van der Waals surface area (Å²) in [4.78, 5) is 9.55. The van der Waals surface area contributed by atoms with Crippen molar-refractivity contribution in [2.24, 2.45) is 0 Å². The van der Waals surface area contributed by atoms with Crippen molar-refractivity contribution in [2.45, 2.75) is 11.8 Å². The zero-order chi connectivity index (χ0) is 7.49. The van der Waals surface area contributed by atoms with Crippen molar-refractivity contribution in [3.8, 4) is 0 Å². The Morgan fingerprint density at radius 3 is 2.33 bits per heavy atom. The van der Waals surface area contributed by atoms with Crippen molar-refractivity contribution in [3.63, 3.8) is 0 Å². The van der Waals surface area contributed by atoms with Gasteiger partial charge in [-0.2, -0.15) is 0 Å². The minimum atomic E-state index is -1.07. The zero-order valence-electron chi connectivity index (χ0n) is 5.28. The van der Waals surface area contributed by atoms with Gasteiger partial charge in [-0.05, 0) is 6.92 Å². The SMILES string of the molecule is COC(=O)C(C)(Cl)CCl. The fourth-order valence-electron chi connectivity index (χ4n) is 0.267. The summed E-state index contributed by atoms with van der Waals surface area (Å²) in [5, 5.41) is 0. The molecule has 0 spiro atoms. The summed E-state index contributed by atoms with van der Waals surface area (Å²) in [7, 11) is 1.27. The average Bonchev–Trinajstić information content (AvgIpc) is 1.86. The van der Waals surface area contributed by atoms with Gasteiger partial charge in [-0.25, -0.2) is 0 Å². The number of rotatable bonds is 2. The monoisotopic (exact) mass is 170 g/mol. The van der Waals surface area contributed by atoms with E-state index in [1.54, 1.807) is 0 Å². The van der Waals surface area contributed by atoms with Gasteiger partial charge >= 0.3 is 5.97 Å². The third kappa shape index (κ3) is 2.41. The fraction of sp³-hybridized carbons (Fsp3) is 0.800. The normalized spacial score (nSPS) is 16.4. The Balaban J connectivity index is 3.97. The molecule has 0 aliphatic heterocycles.